The number of piperidine rings is 2. The van der Waals surface area contributed by atoms with Crippen LogP contribution in [-0.2, 0) is 18.3 Å². The fraction of sp³-hybridized carbons (Fsp3) is 0.462. The van der Waals surface area contributed by atoms with Crippen molar-refractivity contribution in [3.05, 3.63) is 64.6 Å². The van der Waals surface area contributed by atoms with Crippen molar-refractivity contribution >= 4 is 22.9 Å². The number of amides is 1. The van der Waals surface area contributed by atoms with Gasteiger partial charge in [0.2, 0.25) is 5.91 Å². The van der Waals surface area contributed by atoms with Crippen molar-refractivity contribution in [3.8, 4) is 0 Å². The van der Waals surface area contributed by atoms with Crippen molar-refractivity contribution in [2.75, 3.05) is 31.1 Å². The smallest absolute Gasteiger partial charge is 0.294 e. The largest absolute Gasteiger partial charge is 0.352 e. The third-order valence-electron chi connectivity index (χ3n) is 7.24. The summed E-state index contributed by atoms with van der Waals surface area (Å²) in [5.41, 5.74) is 2.56. The van der Waals surface area contributed by atoms with Crippen molar-refractivity contribution in [1.82, 2.24) is 19.4 Å². The van der Waals surface area contributed by atoms with Gasteiger partial charge in [-0.1, -0.05) is 30.3 Å². The van der Waals surface area contributed by atoms with Gasteiger partial charge >= 0.3 is 0 Å². The molecule has 0 atom stereocenters. The highest BCUT2D eigenvalue weighted by molar-refractivity contribution is 5.79. The van der Waals surface area contributed by atoms with Gasteiger partial charge in [0.1, 0.15) is 5.52 Å². The zero-order valence-corrected chi connectivity index (χ0v) is 19.2. The van der Waals surface area contributed by atoms with Crippen molar-refractivity contribution in [2.24, 2.45) is 18.9 Å². The molecule has 3 aromatic rings. The molecule has 2 aliphatic rings. The van der Waals surface area contributed by atoms with E-state index in [0.29, 0.717) is 36.0 Å². The predicted molar refractivity (Wildman–Crippen MR) is 129 cm³/mol. The van der Waals surface area contributed by atoms with E-state index in [1.807, 2.05) is 17.0 Å². The van der Waals surface area contributed by atoms with Gasteiger partial charge < -0.3 is 9.80 Å². The number of nitrogens with zero attached hydrogens (tertiary/aromatic N) is 5. The standard InChI is InChI=1S/C26H31N5O2/c1-29-23-22(8-5-13-27-23)28-24(26(29)33)30-16-11-21(12-17-30)25(32)31-14-9-20(10-15-31)18-19-6-3-2-4-7-19/h2-8,13,20-21H,9-12,14-18H2,1H3. The van der Waals surface area contributed by atoms with Crippen molar-refractivity contribution in [3.63, 3.8) is 0 Å². The van der Waals surface area contributed by atoms with Gasteiger partial charge in [0, 0.05) is 45.3 Å². The average molecular weight is 446 g/mol. The van der Waals surface area contributed by atoms with E-state index in [-0.39, 0.29) is 17.4 Å². The lowest BCUT2D eigenvalue weighted by Gasteiger charge is -2.37. The van der Waals surface area contributed by atoms with E-state index in [4.69, 9.17) is 0 Å². The molecule has 0 spiro atoms. The molecule has 0 unspecified atom stereocenters. The predicted octanol–water partition coefficient (Wildman–Crippen LogP) is 3.03. The van der Waals surface area contributed by atoms with E-state index in [0.717, 1.165) is 45.2 Å². The Bertz CT molecular complexity index is 1180. The number of carbonyl (C=O) groups is 1. The number of anilines is 1. The van der Waals surface area contributed by atoms with Gasteiger partial charge in [-0.05, 0) is 55.7 Å². The second-order valence-electron chi connectivity index (χ2n) is 9.37. The molecule has 7 heteroatoms. The van der Waals surface area contributed by atoms with Crippen LogP contribution in [0.3, 0.4) is 0 Å². The zero-order valence-electron chi connectivity index (χ0n) is 19.2. The minimum Gasteiger partial charge on any atom is -0.352 e. The monoisotopic (exact) mass is 445 g/mol. The van der Waals surface area contributed by atoms with Gasteiger partial charge in [0.15, 0.2) is 11.5 Å². The lowest BCUT2D eigenvalue weighted by molar-refractivity contribution is -0.137. The normalized spacial score (nSPS) is 18.1. The lowest BCUT2D eigenvalue weighted by Crippen LogP contribution is -2.46. The molecule has 0 radical (unpaired) electrons. The molecular formula is C26H31N5O2. The maximum atomic E-state index is 13.2. The third kappa shape index (κ3) is 4.49. The minimum atomic E-state index is -0.133. The van der Waals surface area contributed by atoms with Crippen LogP contribution in [-0.4, -0.2) is 51.5 Å². The number of likely N-dealkylation sites (tertiary alicyclic amines) is 1. The maximum absolute atomic E-state index is 13.2. The molecule has 5 rings (SSSR count). The van der Waals surface area contributed by atoms with E-state index in [1.54, 1.807) is 17.8 Å². The summed E-state index contributed by atoms with van der Waals surface area (Å²) in [6, 6.07) is 14.3. The third-order valence-corrected chi connectivity index (χ3v) is 7.24. The first-order valence-electron chi connectivity index (χ1n) is 12.0. The number of benzene rings is 1. The van der Waals surface area contributed by atoms with Crippen LogP contribution in [0.5, 0.6) is 0 Å². The van der Waals surface area contributed by atoms with Crippen LogP contribution in [0, 0.1) is 11.8 Å². The van der Waals surface area contributed by atoms with Gasteiger partial charge in [-0.15, -0.1) is 0 Å². The Morgan fingerprint density at radius 1 is 0.970 bits per heavy atom. The number of pyridine rings is 1. The summed E-state index contributed by atoms with van der Waals surface area (Å²) in [4.78, 5) is 39.0. The molecule has 2 aromatic heterocycles. The van der Waals surface area contributed by atoms with Crippen LogP contribution in [0.25, 0.3) is 11.2 Å². The number of carbonyl (C=O) groups excluding carboxylic acids is 1. The number of fused-ring (bicyclic) bond motifs is 1. The minimum absolute atomic E-state index is 0.0397. The van der Waals surface area contributed by atoms with E-state index < -0.39 is 0 Å². The van der Waals surface area contributed by atoms with Crippen LogP contribution in [0.1, 0.15) is 31.2 Å². The Morgan fingerprint density at radius 2 is 1.70 bits per heavy atom. The zero-order chi connectivity index (χ0) is 22.8. The average Bonchev–Trinajstić information content (AvgIpc) is 2.87. The van der Waals surface area contributed by atoms with E-state index >= 15 is 0 Å². The molecule has 2 aliphatic heterocycles. The van der Waals surface area contributed by atoms with Crippen LogP contribution in [0.2, 0.25) is 0 Å². The molecule has 1 aromatic carbocycles. The first-order chi connectivity index (χ1) is 16.1. The van der Waals surface area contributed by atoms with Crippen molar-refractivity contribution in [2.45, 2.75) is 32.1 Å². The van der Waals surface area contributed by atoms with Crippen LogP contribution in [0.4, 0.5) is 5.82 Å². The molecule has 33 heavy (non-hydrogen) atoms. The first kappa shape index (κ1) is 21.6. The number of aryl methyl sites for hydroxylation is 1. The number of aromatic nitrogens is 3. The SMILES string of the molecule is Cn1c(=O)c(N2CCC(C(=O)N3CCC(Cc4ccccc4)CC3)CC2)nc2cccnc21. The van der Waals surface area contributed by atoms with E-state index in [2.05, 4.69) is 45.2 Å². The summed E-state index contributed by atoms with van der Waals surface area (Å²) in [5.74, 6) is 1.45. The molecular weight excluding hydrogens is 414 g/mol. The summed E-state index contributed by atoms with van der Waals surface area (Å²) < 4.78 is 1.56. The second kappa shape index (κ2) is 9.33. The number of hydrogen-bond acceptors (Lipinski definition) is 5. The molecule has 172 valence electrons. The summed E-state index contributed by atoms with van der Waals surface area (Å²) in [6.45, 7) is 3.07. The van der Waals surface area contributed by atoms with Gasteiger partial charge in [-0.3, -0.25) is 14.2 Å². The Morgan fingerprint density at radius 3 is 2.42 bits per heavy atom. The van der Waals surface area contributed by atoms with Gasteiger partial charge in [-0.2, -0.15) is 0 Å². The van der Waals surface area contributed by atoms with Gasteiger partial charge in [0.05, 0.1) is 0 Å². The molecule has 1 amide bonds. The fourth-order valence-electron chi connectivity index (χ4n) is 5.25. The summed E-state index contributed by atoms with van der Waals surface area (Å²) in [5, 5.41) is 0. The van der Waals surface area contributed by atoms with Crippen LogP contribution < -0.4 is 10.5 Å². The number of rotatable bonds is 4. The van der Waals surface area contributed by atoms with E-state index in [1.165, 1.54) is 5.56 Å². The summed E-state index contributed by atoms with van der Waals surface area (Å²) in [6.07, 6.45) is 6.45. The Kier molecular flexibility index (Phi) is 6.11. The highest BCUT2D eigenvalue weighted by Crippen LogP contribution is 2.27. The second-order valence-corrected chi connectivity index (χ2v) is 9.37. The molecule has 0 N–H and O–H groups in total. The van der Waals surface area contributed by atoms with Crippen LogP contribution in [0.15, 0.2) is 53.5 Å². The Balaban J connectivity index is 1.17. The first-order valence-corrected chi connectivity index (χ1v) is 12.0. The highest BCUT2D eigenvalue weighted by atomic mass is 16.2. The lowest BCUT2D eigenvalue weighted by atomic mass is 9.88. The van der Waals surface area contributed by atoms with Gasteiger partial charge in [-0.25, -0.2) is 9.97 Å². The van der Waals surface area contributed by atoms with Gasteiger partial charge in [0.25, 0.3) is 5.56 Å². The molecule has 7 nitrogen and oxygen atoms in total. The molecule has 2 saturated heterocycles. The topological polar surface area (TPSA) is 71.3 Å². The maximum Gasteiger partial charge on any atom is 0.294 e. The van der Waals surface area contributed by atoms with Crippen molar-refractivity contribution < 1.29 is 4.79 Å². The molecule has 0 bridgehead atoms. The van der Waals surface area contributed by atoms with Crippen molar-refractivity contribution in [1.29, 1.82) is 0 Å². The molecule has 0 saturated carbocycles. The fourth-order valence-corrected chi connectivity index (χ4v) is 5.25. The molecule has 2 fully saturated rings. The highest BCUT2D eigenvalue weighted by Gasteiger charge is 2.32. The Labute approximate surface area is 194 Å². The summed E-state index contributed by atoms with van der Waals surface area (Å²) in [7, 11) is 1.74. The molecule has 0 aliphatic carbocycles. The van der Waals surface area contributed by atoms with Crippen LogP contribution >= 0.6 is 0 Å². The van der Waals surface area contributed by atoms with E-state index in [9.17, 15) is 9.59 Å². The Hall–Kier alpha value is -3.22. The molecule has 4 heterocycles. The quantitative estimate of drug-likeness (QED) is 0.617. The number of hydrogen-bond donors (Lipinski definition) is 0. The summed E-state index contributed by atoms with van der Waals surface area (Å²) >= 11 is 0.